The molecule has 18 heteroatoms. The first-order chi connectivity index (χ1) is 27.1. The third kappa shape index (κ3) is 16.2. The molecule has 5 atom stereocenters. The Labute approximate surface area is 331 Å². The second-order valence-electron chi connectivity index (χ2n) is 14.1. The zero-order valence-electron chi connectivity index (χ0n) is 32.5. The molecule has 18 nitrogen and oxygen atoms in total. The number of benzene rings is 2. The second kappa shape index (κ2) is 23.0. The van der Waals surface area contributed by atoms with E-state index < -0.39 is 78.1 Å². The Hall–Kier alpha value is -6.20. The summed E-state index contributed by atoms with van der Waals surface area (Å²) in [5.41, 5.74) is 12.2. The van der Waals surface area contributed by atoms with E-state index >= 15 is 0 Å². The number of aromatic hydroxyl groups is 1. The van der Waals surface area contributed by atoms with Gasteiger partial charge >= 0.3 is 5.97 Å². The molecule has 0 aromatic heterocycles. The monoisotopic (exact) mass is 793 g/mol. The molecule has 1 saturated heterocycles. The molecule has 0 spiro atoms. The largest absolute Gasteiger partial charge is 0.508 e. The molecule has 1 heterocycles. The van der Waals surface area contributed by atoms with Gasteiger partial charge in [0.1, 0.15) is 42.6 Å². The van der Waals surface area contributed by atoms with Gasteiger partial charge in [-0.25, -0.2) is 0 Å². The van der Waals surface area contributed by atoms with Gasteiger partial charge in [-0.3, -0.25) is 38.6 Å². The van der Waals surface area contributed by atoms with Crippen LogP contribution in [0.25, 0.3) is 0 Å². The van der Waals surface area contributed by atoms with Crippen LogP contribution < -0.4 is 43.4 Å². The highest BCUT2D eigenvalue weighted by molar-refractivity contribution is 5.99. The van der Waals surface area contributed by atoms with Crippen LogP contribution in [0.15, 0.2) is 59.6 Å². The smallest absolute Gasteiger partial charge is 0.308 e. The number of rotatable bonds is 16. The van der Waals surface area contributed by atoms with Gasteiger partial charge in [-0.05, 0) is 61.3 Å². The summed E-state index contributed by atoms with van der Waals surface area (Å²) in [6.45, 7) is 5.03. The summed E-state index contributed by atoms with van der Waals surface area (Å²) in [6, 6.07) is 8.27. The van der Waals surface area contributed by atoms with Crippen molar-refractivity contribution in [3.63, 3.8) is 0 Å². The van der Waals surface area contributed by atoms with Gasteiger partial charge in [-0.15, -0.1) is 0 Å². The van der Waals surface area contributed by atoms with Gasteiger partial charge < -0.3 is 53.2 Å². The van der Waals surface area contributed by atoms with Crippen LogP contribution in [-0.2, 0) is 51.3 Å². The van der Waals surface area contributed by atoms with Crippen molar-refractivity contribution in [2.75, 3.05) is 13.1 Å². The van der Waals surface area contributed by atoms with Crippen molar-refractivity contribution in [1.29, 1.82) is 0 Å². The number of guanidine groups is 1. The molecule has 11 N–H and O–H groups in total. The number of nitrogens with one attached hydrogen (secondary N) is 6. The van der Waals surface area contributed by atoms with E-state index in [-0.39, 0.29) is 56.5 Å². The Morgan fingerprint density at radius 1 is 0.737 bits per heavy atom. The number of nitrogens with zero attached hydrogens (tertiary/aromatic N) is 1. The lowest BCUT2D eigenvalue weighted by molar-refractivity contribution is -0.147. The van der Waals surface area contributed by atoms with E-state index in [1.165, 1.54) is 19.1 Å². The van der Waals surface area contributed by atoms with E-state index in [9.17, 15) is 38.7 Å². The molecule has 0 radical (unpaired) electrons. The molecular weight excluding hydrogens is 738 g/mol. The summed E-state index contributed by atoms with van der Waals surface area (Å²) in [5.74, 6) is -5.68. The van der Waals surface area contributed by atoms with Gasteiger partial charge in [0, 0.05) is 26.4 Å². The van der Waals surface area contributed by atoms with Crippen LogP contribution in [0.3, 0.4) is 0 Å². The summed E-state index contributed by atoms with van der Waals surface area (Å²) in [6.07, 6.45) is 0.421. The fourth-order valence-corrected chi connectivity index (χ4v) is 5.90. The van der Waals surface area contributed by atoms with Gasteiger partial charge in [0.15, 0.2) is 5.96 Å². The number of carbonyl (C=O) groups excluding carboxylic acids is 7. The van der Waals surface area contributed by atoms with Crippen molar-refractivity contribution in [2.45, 2.75) is 103 Å². The SMILES string of the molecule is CC(=O)NCCCC[C@@H]1NC(=O)[C@H](CCCN=C(N)N)NC(=O)[C@H](Cc2ccc(O)cc2)NC(=O)[C@H](C(C)C)NC(=O)[C@H](CC(=O)OCc2ccccc2)NC1=O. The Balaban J connectivity index is 2.03. The minimum absolute atomic E-state index is 0.0132. The van der Waals surface area contributed by atoms with Gasteiger partial charge in [-0.2, -0.15) is 0 Å². The summed E-state index contributed by atoms with van der Waals surface area (Å²) in [5, 5.41) is 25.8. The lowest BCUT2D eigenvalue weighted by Gasteiger charge is -2.27. The number of carbonyl (C=O) groups is 7. The van der Waals surface area contributed by atoms with Crippen molar-refractivity contribution in [2.24, 2.45) is 22.4 Å². The quantitative estimate of drug-likeness (QED) is 0.0453. The number of ether oxygens (including phenoxy) is 1. The summed E-state index contributed by atoms with van der Waals surface area (Å²) >= 11 is 0. The minimum atomic E-state index is -1.54. The predicted molar refractivity (Wildman–Crippen MR) is 210 cm³/mol. The molecule has 1 aliphatic heterocycles. The normalized spacial score (nSPS) is 20.7. The van der Waals surface area contributed by atoms with Crippen LogP contribution >= 0.6 is 0 Å². The molecule has 1 aliphatic rings. The third-order valence-corrected chi connectivity index (χ3v) is 9.01. The summed E-state index contributed by atoms with van der Waals surface area (Å²) in [7, 11) is 0. The highest BCUT2D eigenvalue weighted by Gasteiger charge is 2.36. The number of nitrogens with two attached hydrogens (primary N) is 2. The topological polar surface area (TPSA) is 286 Å². The van der Waals surface area contributed by atoms with Crippen LogP contribution in [-0.4, -0.2) is 95.8 Å². The molecule has 57 heavy (non-hydrogen) atoms. The summed E-state index contributed by atoms with van der Waals surface area (Å²) in [4.78, 5) is 98.3. The molecule has 310 valence electrons. The second-order valence-corrected chi connectivity index (χ2v) is 14.1. The fourth-order valence-electron chi connectivity index (χ4n) is 5.90. The molecule has 0 bridgehead atoms. The van der Waals surface area contributed by atoms with Crippen molar-refractivity contribution >= 4 is 47.4 Å². The van der Waals surface area contributed by atoms with Crippen LogP contribution in [0.4, 0.5) is 0 Å². The number of unbranched alkanes of at least 4 members (excludes halogenated alkanes) is 1. The number of phenolic OH excluding ortho intramolecular Hbond substituents is 1. The molecule has 6 amide bonds. The third-order valence-electron chi connectivity index (χ3n) is 9.01. The first kappa shape index (κ1) is 45.2. The van der Waals surface area contributed by atoms with Crippen molar-refractivity contribution < 1.29 is 43.4 Å². The first-order valence-electron chi connectivity index (χ1n) is 18.9. The zero-order chi connectivity index (χ0) is 41.9. The highest BCUT2D eigenvalue weighted by Crippen LogP contribution is 2.14. The van der Waals surface area contributed by atoms with E-state index in [1.807, 2.05) is 0 Å². The number of hydrogen-bond acceptors (Lipinski definition) is 10. The molecule has 2 aromatic rings. The number of hydrogen-bond donors (Lipinski definition) is 9. The van der Waals surface area contributed by atoms with Crippen LogP contribution in [0.5, 0.6) is 5.75 Å². The van der Waals surface area contributed by atoms with E-state index in [4.69, 9.17) is 16.2 Å². The Kier molecular flexibility index (Phi) is 18.2. The zero-order valence-corrected chi connectivity index (χ0v) is 32.5. The van der Waals surface area contributed by atoms with Crippen LogP contribution in [0.2, 0.25) is 0 Å². The van der Waals surface area contributed by atoms with Gasteiger partial charge in [0.05, 0.1) is 6.42 Å². The average molecular weight is 794 g/mol. The molecule has 0 aliphatic carbocycles. The number of aliphatic imine (C=N–C) groups is 1. The fraction of sp³-hybridized carbons (Fsp3) is 0.487. The maximum Gasteiger partial charge on any atom is 0.308 e. The van der Waals surface area contributed by atoms with E-state index in [0.717, 1.165) is 0 Å². The van der Waals surface area contributed by atoms with Crippen molar-refractivity contribution in [3.05, 3.63) is 65.7 Å². The predicted octanol–water partition coefficient (Wildman–Crippen LogP) is -0.478. The van der Waals surface area contributed by atoms with Crippen molar-refractivity contribution in [3.8, 4) is 5.75 Å². The maximum absolute atomic E-state index is 14.0. The number of amides is 6. The Morgan fingerprint density at radius 2 is 1.30 bits per heavy atom. The standard InChI is InChI=1S/C39H55N9O9/c1-23(2)33-38(56)47-30(20-25-14-16-27(50)17-15-25)36(54)45-29(13-9-19-43-39(40)41)34(52)44-28(12-7-8-18-42-24(3)49)35(53)46-31(37(55)48-33)21-32(51)57-22-26-10-5-4-6-11-26/h4-6,10-11,14-17,23,28-31,33,50H,7-9,12-13,18-22H2,1-3H3,(H,42,49)(H,44,52)(H,45,54)(H,46,53)(H,47,56)(H,48,55)(H4,40,41,43)/t28-,29-,30-,31-,33-/m0/s1. The van der Waals surface area contributed by atoms with Crippen LogP contribution in [0, 0.1) is 5.92 Å². The molecule has 3 rings (SSSR count). The molecular formula is C39H55N9O9. The summed E-state index contributed by atoms with van der Waals surface area (Å²) < 4.78 is 5.42. The Bertz CT molecular complexity index is 1720. The van der Waals surface area contributed by atoms with E-state index in [2.05, 4.69) is 36.9 Å². The minimum Gasteiger partial charge on any atom is -0.508 e. The number of phenols is 1. The number of esters is 1. The lowest BCUT2D eigenvalue weighted by atomic mass is 10.00. The molecule has 1 fully saturated rings. The van der Waals surface area contributed by atoms with Crippen molar-refractivity contribution in [1.82, 2.24) is 31.9 Å². The van der Waals surface area contributed by atoms with E-state index in [0.29, 0.717) is 30.5 Å². The van der Waals surface area contributed by atoms with Crippen LogP contribution in [0.1, 0.15) is 70.4 Å². The average Bonchev–Trinajstić information content (AvgIpc) is 3.16. The van der Waals surface area contributed by atoms with Gasteiger partial charge in [0.2, 0.25) is 35.4 Å². The maximum atomic E-state index is 14.0. The molecule has 0 unspecified atom stereocenters. The van der Waals surface area contributed by atoms with Gasteiger partial charge in [-0.1, -0.05) is 56.3 Å². The van der Waals surface area contributed by atoms with Gasteiger partial charge in [0.25, 0.3) is 0 Å². The molecule has 2 aromatic carbocycles. The first-order valence-corrected chi connectivity index (χ1v) is 18.9. The molecule has 0 saturated carbocycles. The lowest BCUT2D eigenvalue weighted by Crippen LogP contribution is -2.59. The van der Waals surface area contributed by atoms with E-state index in [1.54, 1.807) is 56.3 Å². The Morgan fingerprint density at radius 3 is 1.89 bits per heavy atom. The highest BCUT2D eigenvalue weighted by atomic mass is 16.5.